The molecule has 0 spiro atoms. The topological polar surface area (TPSA) is 107 Å². The number of oxazole rings is 1. The van der Waals surface area contributed by atoms with Gasteiger partial charge < -0.3 is 24.3 Å². The Labute approximate surface area is 282 Å². The van der Waals surface area contributed by atoms with Gasteiger partial charge in [0, 0.05) is 46.9 Å². The summed E-state index contributed by atoms with van der Waals surface area (Å²) in [5.74, 6) is 1.05. The maximum Gasteiger partial charge on any atom is 0.257 e. The van der Waals surface area contributed by atoms with E-state index < -0.39 is 6.29 Å². The first-order valence-electron chi connectivity index (χ1n) is 15.7. The minimum Gasteiger partial charge on any atom is -0.431 e. The quantitative estimate of drug-likeness (QED) is 0.142. The van der Waals surface area contributed by atoms with E-state index in [1.807, 2.05) is 109 Å². The molecule has 0 aliphatic carbocycles. The third-order valence-electron chi connectivity index (χ3n) is 8.04. The summed E-state index contributed by atoms with van der Waals surface area (Å²) in [6, 6.07) is 38.8. The third-order valence-corrected chi connectivity index (χ3v) is 9.00. The van der Waals surface area contributed by atoms with Gasteiger partial charge in [0.1, 0.15) is 5.69 Å². The molecule has 0 radical (unpaired) electrons. The monoisotopic (exact) mass is 655 g/mol. The van der Waals surface area contributed by atoms with Crippen LogP contribution in [0.15, 0.2) is 143 Å². The molecule has 2 aromatic heterocycles. The molecule has 2 N–H and O–H groups in total. The van der Waals surface area contributed by atoms with Gasteiger partial charge in [0.25, 0.3) is 11.1 Å². The summed E-state index contributed by atoms with van der Waals surface area (Å²) in [6.45, 7) is -0.0273. The van der Waals surface area contributed by atoms with Crippen molar-refractivity contribution in [3.05, 3.63) is 156 Å². The number of pyridine rings is 1. The van der Waals surface area contributed by atoms with Crippen LogP contribution in [0.25, 0.3) is 22.6 Å². The molecule has 3 unspecified atom stereocenters. The Balaban J connectivity index is 1.13. The first-order valence-corrected chi connectivity index (χ1v) is 16.7. The molecule has 3 heterocycles. The minimum atomic E-state index is -0.688. The summed E-state index contributed by atoms with van der Waals surface area (Å²) in [5.41, 5.74) is 6.42. The number of amides is 1. The van der Waals surface area contributed by atoms with Crippen LogP contribution in [0.4, 0.5) is 5.69 Å². The molecule has 4 aromatic carbocycles. The molecule has 0 saturated carbocycles. The predicted octanol–water partition coefficient (Wildman–Crippen LogP) is 8.49. The molecule has 9 heteroatoms. The van der Waals surface area contributed by atoms with E-state index in [1.165, 1.54) is 18.0 Å². The maximum absolute atomic E-state index is 12.8. The number of carbonyl (C=O) groups excluding carboxylic acids is 1. The lowest BCUT2D eigenvalue weighted by atomic mass is 10.0. The third kappa shape index (κ3) is 7.40. The van der Waals surface area contributed by atoms with Crippen LogP contribution in [0.1, 0.15) is 45.9 Å². The Morgan fingerprint density at radius 1 is 0.833 bits per heavy atom. The summed E-state index contributed by atoms with van der Waals surface area (Å²) in [6.07, 6.45) is 2.60. The fourth-order valence-electron chi connectivity index (χ4n) is 5.59. The molecular weight excluding hydrogens is 623 g/mol. The van der Waals surface area contributed by atoms with Gasteiger partial charge in [0.2, 0.25) is 0 Å². The number of ether oxygens (including phenoxy) is 2. The zero-order valence-corrected chi connectivity index (χ0v) is 26.8. The van der Waals surface area contributed by atoms with Crippen LogP contribution < -0.4 is 5.32 Å². The van der Waals surface area contributed by atoms with Crippen molar-refractivity contribution >= 4 is 23.4 Å². The molecule has 1 aliphatic heterocycles. The van der Waals surface area contributed by atoms with E-state index in [-0.39, 0.29) is 24.7 Å². The number of thioether (sulfide) groups is 1. The van der Waals surface area contributed by atoms with Crippen LogP contribution in [0.2, 0.25) is 0 Å². The van der Waals surface area contributed by atoms with Gasteiger partial charge in [-0.3, -0.25) is 9.78 Å². The second kappa shape index (κ2) is 14.8. The van der Waals surface area contributed by atoms with Gasteiger partial charge in [0.15, 0.2) is 12.1 Å². The van der Waals surface area contributed by atoms with E-state index in [1.54, 1.807) is 18.3 Å². The molecule has 6 aromatic rings. The molecular formula is C39H33N3O5S. The molecule has 240 valence electrons. The summed E-state index contributed by atoms with van der Waals surface area (Å²) < 4.78 is 19.5. The number of aliphatic hydroxyl groups excluding tert-OH is 1. The first-order chi connectivity index (χ1) is 23.6. The van der Waals surface area contributed by atoms with Crippen LogP contribution in [-0.2, 0) is 16.1 Å². The van der Waals surface area contributed by atoms with Crippen LogP contribution >= 0.6 is 11.8 Å². The highest BCUT2D eigenvalue weighted by molar-refractivity contribution is 7.99. The van der Waals surface area contributed by atoms with Crippen molar-refractivity contribution in [1.29, 1.82) is 0 Å². The second-order valence-electron chi connectivity index (χ2n) is 11.4. The minimum absolute atomic E-state index is 0.0273. The number of carbonyl (C=O) groups is 1. The average molecular weight is 656 g/mol. The van der Waals surface area contributed by atoms with E-state index in [0.29, 0.717) is 28.6 Å². The van der Waals surface area contributed by atoms with Gasteiger partial charge in [-0.15, -0.1) is 0 Å². The Hall–Kier alpha value is -5.06. The van der Waals surface area contributed by atoms with Crippen molar-refractivity contribution in [1.82, 2.24) is 9.97 Å². The average Bonchev–Trinajstić information content (AvgIpc) is 3.59. The number of anilines is 1. The molecule has 48 heavy (non-hydrogen) atoms. The Kier molecular flexibility index (Phi) is 9.72. The van der Waals surface area contributed by atoms with Gasteiger partial charge in [-0.1, -0.05) is 109 Å². The lowest BCUT2D eigenvalue weighted by Crippen LogP contribution is -2.31. The highest BCUT2D eigenvalue weighted by Crippen LogP contribution is 2.41. The first kappa shape index (κ1) is 31.5. The van der Waals surface area contributed by atoms with E-state index >= 15 is 0 Å². The van der Waals surface area contributed by atoms with Crippen molar-refractivity contribution in [3.8, 4) is 22.6 Å². The van der Waals surface area contributed by atoms with Gasteiger partial charge in [-0.05, 0) is 35.4 Å². The van der Waals surface area contributed by atoms with Crippen LogP contribution in [0, 0.1) is 0 Å². The summed E-state index contributed by atoms with van der Waals surface area (Å²) in [5, 5.41) is 13.1. The fourth-order valence-corrected chi connectivity index (χ4v) is 6.43. The number of hydrogen-bond acceptors (Lipinski definition) is 8. The normalized spacial score (nSPS) is 17.6. The number of nitrogens with one attached hydrogen (secondary N) is 1. The predicted molar refractivity (Wildman–Crippen MR) is 185 cm³/mol. The molecule has 1 amide bonds. The standard InChI is InChI=1S/C39H33N3O5S/c43-24-26-16-18-27(19-17-26)34-22-33(45-38(46-34)30-13-7-15-32(21-30)41-37(44)31-14-8-20-40-23-31)25-48-39-42-35(28-9-3-1-4-10-28)36(47-39)29-11-5-2-6-12-29/h1-21,23,33-34,38,43H,22,24-25H2,(H,41,44). The van der Waals surface area contributed by atoms with Gasteiger partial charge >= 0.3 is 0 Å². The number of aromatic nitrogens is 2. The number of nitrogens with zero attached hydrogens (tertiary/aromatic N) is 2. The van der Waals surface area contributed by atoms with Crippen molar-refractivity contribution in [2.24, 2.45) is 0 Å². The highest BCUT2D eigenvalue weighted by atomic mass is 32.2. The van der Waals surface area contributed by atoms with E-state index in [2.05, 4.69) is 10.3 Å². The molecule has 0 bridgehead atoms. The van der Waals surface area contributed by atoms with Crippen molar-refractivity contribution in [2.45, 2.75) is 36.7 Å². The molecule has 1 saturated heterocycles. The van der Waals surface area contributed by atoms with Gasteiger partial charge in [0.05, 0.1) is 24.4 Å². The van der Waals surface area contributed by atoms with Gasteiger partial charge in [-0.25, -0.2) is 4.98 Å². The van der Waals surface area contributed by atoms with Crippen LogP contribution in [0.3, 0.4) is 0 Å². The summed E-state index contributed by atoms with van der Waals surface area (Å²) in [7, 11) is 0. The van der Waals surface area contributed by atoms with E-state index in [0.717, 1.165) is 39.3 Å². The molecule has 8 nitrogen and oxygen atoms in total. The SMILES string of the molecule is O=C(Nc1cccc(C2OC(CSc3nc(-c4ccccc4)c(-c4ccccc4)o3)CC(c3ccc(CO)cc3)O2)c1)c1cccnc1. The van der Waals surface area contributed by atoms with Crippen molar-refractivity contribution < 1.29 is 23.8 Å². The number of hydrogen-bond donors (Lipinski definition) is 2. The smallest absolute Gasteiger partial charge is 0.257 e. The van der Waals surface area contributed by atoms with Crippen molar-refractivity contribution in [2.75, 3.05) is 11.1 Å². The van der Waals surface area contributed by atoms with Gasteiger partial charge in [-0.2, -0.15) is 0 Å². The van der Waals surface area contributed by atoms with Crippen LogP contribution in [0.5, 0.6) is 0 Å². The molecule has 1 aliphatic rings. The number of benzene rings is 4. The maximum atomic E-state index is 12.8. The Morgan fingerprint density at radius 3 is 2.33 bits per heavy atom. The fraction of sp³-hybridized carbons (Fsp3) is 0.154. The number of rotatable bonds is 10. The lowest BCUT2D eigenvalue weighted by molar-refractivity contribution is -0.245. The molecule has 3 atom stereocenters. The zero-order chi connectivity index (χ0) is 32.7. The Morgan fingerprint density at radius 2 is 1.60 bits per heavy atom. The lowest BCUT2D eigenvalue weighted by Gasteiger charge is -2.36. The second-order valence-corrected chi connectivity index (χ2v) is 12.3. The molecule has 1 fully saturated rings. The summed E-state index contributed by atoms with van der Waals surface area (Å²) >= 11 is 1.51. The Bertz CT molecular complexity index is 1900. The zero-order valence-electron chi connectivity index (χ0n) is 25.9. The van der Waals surface area contributed by atoms with Crippen molar-refractivity contribution in [3.63, 3.8) is 0 Å². The van der Waals surface area contributed by atoms with Crippen LogP contribution in [-0.4, -0.2) is 32.8 Å². The largest absolute Gasteiger partial charge is 0.431 e. The van der Waals surface area contributed by atoms with E-state index in [9.17, 15) is 9.90 Å². The number of aliphatic hydroxyl groups is 1. The van der Waals surface area contributed by atoms with E-state index in [4.69, 9.17) is 18.9 Å². The highest BCUT2D eigenvalue weighted by Gasteiger charge is 2.33. The molecule has 7 rings (SSSR count). The summed E-state index contributed by atoms with van der Waals surface area (Å²) in [4.78, 5) is 21.8.